The molecule has 0 saturated carbocycles. The number of hydrogen-bond donors (Lipinski definition) is 1. The van der Waals surface area contributed by atoms with Gasteiger partial charge >= 0.3 is 11.9 Å². The predicted molar refractivity (Wildman–Crippen MR) is 125 cm³/mol. The number of amides is 1. The third kappa shape index (κ3) is 6.13. The lowest BCUT2D eigenvalue weighted by Crippen LogP contribution is -2.42. The van der Waals surface area contributed by atoms with Gasteiger partial charge in [0.1, 0.15) is 0 Å². The molecule has 1 saturated heterocycles. The van der Waals surface area contributed by atoms with Crippen LogP contribution in [0.15, 0.2) is 47.4 Å². The van der Waals surface area contributed by atoms with Crippen molar-refractivity contribution in [3.8, 4) is 0 Å². The maximum Gasteiger partial charge on any atom is 0.338 e. The predicted octanol–water partition coefficient (Wildman–Crippen LogP) is 2.67. The molecule has 10 heteroatoms. The average molecular weight is 489 g/mol. The van der Waals surface area contributed by atoms with Gasteiger partial charge in [0.2, 0.25) is 0 Å². The molecule has 1 fully saturated rings. The smallest absolute Gasteiger partial charge is 0.338 e. The van der Waals surface area contributed by atoms with Gasteiger partial charge in [-0.2, -0.15) is 0 Å². The normalized spacial score (nSPS) is 14.4. The van der Waals surface area contributed by atoms with E-state index in [1.165, 1.54) is 31.4 Å². The van der Waals surface area contributed by atoms with E-state index in [2.05, 4.69) is 4.72 Å². The number of esters is 2. The van der Waals surface area contributed by atoms with Crippen LogP contribution in [0.25, 0.3) is 0 Å². The van der Waals surface area contributed by atoms with Crippen LogP contribution in [0, 0.1) is 19.8 Å². The summed E-state index contributed by atoms with van der Waals surface area (Å²) >= 11 is 0. The largest absolute Gasteiger partial charge is 0.469 e. The molecule has 1 aliphatic heterocycles. The van der Waals surface area contributed by atoms with Crippen molar-refractivity contribution in [2.75, 3.05) is 31.5 Å². The molecule has 0 spiro atoms. The fraction of sp³-hybridized carbons (Fsp3) is 0.375. The molecule has 1 heterocycles. The first-order valence-corrected chi connectivity index (χ1v) is 12.3. The summed E-state index contributed by atoms with van der Waals surface area (Å²) in [5.41, 5.74) is 1.93. The lowest BCUT2D eigenvalue weighted by atomic mass is 9.97. The van der Waals surface area contributed by atoms with Crippen LogP contribution in [0.2, 0.25) is 0 Å². The second-order valence-corrected chi connectivity index (χ2v) is 9.86. The highest BCUT2D eigenvalue weighted by atomic mass is 32.2. The minimum Gasteiger partial charge on any atom is -0.469 e. The number of anilines is 1. The molecule has 2 aromatic carbocycles. The van der Waals surface area contributed by atoms with Gasteiger partial charge < -0.3 is 14.4 Å². The minimum atomic E-state index is -3.79. The third-order valence-electron chi connectivity index (χ3n) is 5.71. The Kier molecular flexibility index (Phi) is 7.93. The summed E-state index contributed by atoms with van der Waals surface area (Å²) in [6.07, 6.45) is 1.01. The number of nitrogens with one attached hydrogen (secondary N) is 1. The van der Waals surface area contributed by atoms with Crippen molar-refractivity contribution in [3.05, 3.63) is 59.2 Å². The average Bonchev–Trinajstić information content (AvgIpc) is 2.83. The Morgan fingerprint density at radius 3 is 2.29 bits per heavy atom. The summed E-state index contributed by atoms with van der Waals surface area (Å²) < 4.78 is 37.8. The molecule has 0 aromatic heterocycles. The van der Waals surface area contributed by atoms with E-state index in [1.807, 2.05) is 13.0 Å². The van der Waals surface area contributed by atoms with E-state index in [4.69, 9.17) is 9.47 Å². The fourth-order valence-electron chi connectivity index (χ4n) is 3.71. The van der Waals surface area contributed by atoms with E-state index >= 15 is 0 Å². The van der Waals surface area contributed by atoms with Crippen LogP contribution in [0.5, 0.6) is 0 Å². The van der Waals surface area contributed by atoms with Crippen molar-refractivity contribution >= 4 is 33.6 Å². The van der Waals surface area contributed by atoms with Crippen molar-refractivity contribution in [1.29, 1.82) is 0 Å². The molecule has 2 aromatic rings. The standard InChI is InChI=1S/C24H28N2O7S/c1-16-4-5-17(2)21(14-16)34(30,31)25-20-8-6-18(7-9-20)24(29)33-15-22(27)26-12-10-19(11-13-26)23(28)32-3/h4-9,14,19,25H,10-13,15H2,1-3H3. The Hall–Kier alpha value is -3.40. The van der Waals surface area contributed by atoms with Crippen LogP contribution in [0.1, 0.15) is 34.3 Å². The zero-order valence-electron chi connectivity index (χ0n) is 19.4. The van der Waals surface area contributed by atoms with Gasteiger partial charge in [0.15, 0.2) is 6.61 Å². The Balaban J connectivity index is 1.54. The quantitative estimate of drug-likeness (QED) is 0.595. The first-order valence-electron chi connectivity index (χ1n) is 10.8. The number of hydrogen-bond acceptors (Lipinski definition) is 7. The SMILES string of the molecule is COC(=O)C1CCN(C(=O)COC(=O)c2ccc(NS(=O)(=O)c3cc(C)ccc3C)cc2)CC1. The highest BCUT2D eigenvalue weighted by molar-refractivity contribution is 7.92. The number of methoxy groups -OCH3 is 1. The number of ether oxygens (including phenoxy) is 2. The van der Waals surface area contributed by atoms with E-state index in [1.54, 1.807) is 24.0 Å². The van der Waals surface area contributed by atoms with Gasteiger partial charge in [-0.25, -0.2) is 13.2 Å². The van der Waals surface area contributed by atoms with Crippen LogP contribution in [-0.4, -0.2) is 58.0 Å². The molecule has 1 amide bonds. The highest BCUT2D eigenvalue weighted by Gasteiger charge is 2.28. The maximum atomic E-state index is 12.7. The molecule has 0 bridgehead atoms. The third-order valence-corrected chi connectivity index (χ3v) is 7.24. The molecule has 1 aliphatic rings. The molecular formula is C24H28N2O7S. The molecule has 0 radical (unpaired) electrons. The number of likely N-dealkylation sites (tertiary alicyclic amines) is 1. The van der Waals surface area contributed by atoms with E-state index in [0.29, 0.717) is 37.2 Å². The van der Waals surface area contributed by atoms with Crippen molar-refractivity contribution in [2.24, 2.45) is 5.92 Å². The van der Waals surface area contributed by atoms with Crippen LogP contribution >= 0.6 is 0 Å². The van der Waals surface area contributed by atoms with Gasteiger partial charge in [-0.1, -0.05) is 12.1 Å². The molecule has 34 heavy (non-hydrogen) atoms. The second-order valence-electron chi connectivity index (χ2n) is 8.21. The van der Waals surface area contributed by atoms with E-state index in [-0.39, 0.29) is 28.3 Å². The van der Waals surface area contributed by atoms with Gasteiger partial charge in [0, 0.05) is 18.8 Å². The van der Waals surface area contributed by atoms with Gasteiger partial charge in [0.05, 0.1) is 23.5 Å². The van der Waals surface area contributed by atoms with Gasteiger partial charge in [-0.3, -0.25) is 14.3 Å². The van der Waals surface area contributed by atoms with Gasteiger partial charge in [0.25, 0.3) is 15.9 Å². The Labute approximate surface area is 199 Å². The Bertz CT molecular complexity index is 1170. The van der Waals surface area contributed by atoms with Crippen molar-refractivity contribution < 1.29 is 32.3 Å². The lowest BCUT2D eigenvalue weighted by molar-refractivity contribution is -0.149. The molecular weight excluding hydrogens is 460 g/mol. The molecule has 1 N–H and O–H groups in total. The maximum absolute atomic E-state index is 12.7. The summed E-state index contributed by atoms with van der Waals surface area (Å²) in [6, 6.07) is 10.9. The summed E-state index contributed by atoms with van der Waals surface area (Å²) in [5.74, 6) is -1.53. The van der Waals surface area contributed by atoms with Gasteiger partial charge in [-0.15, -0.1) is 0 Å². The Morgan fingerprint density at radius 2 is 1.68 bits per heavy atom. The molecule has 0 atom stereocenters. The minimum absolute atomic E-state index is 0.185. The molecule has 9 nitrogen and oxygen atoms in total. The molecule has 182 valence electrons. The summed E-state index contributed by atoms with van der Waals surface area (Å²) in [6.45, 7) is 3.91. The molecule has 3 rings (SSSR count). The number of carbonyl (C=O) groups is 3. The van der Waals surface area contributed by atoms with E-state index in [0.717, 1.165) is 5.56 Å². The monoisotopic (exact) mass is 488 g/mol. The summed E-state index contributed by atoms with van der Waals surface area (Å²) in [4.78, 5) is 38.0. The van der Waals surface area contributed by atoms with Crippen LogP contribution in [0.4, 0.5) is 5.69 Å². The van der Waals surface area contributed by atoms with Crippen molar-refractivity contribution in [3.63, 3.8) is 0 Å². The Morgan fingerprint density at radius 1 is 1.03 bits per heavy atom. The highest BCUT2D eigenvalue weighted by Crippen LogP contribution is 2.21. The number of benzene rings is 2. The zero-order valence-corrected chi connectivity index (χ0v) is 20.2. The number of sulfonamides is 1. The fourth-order valence-corrected chi connectivity index (χ4v) is 5.10. The number of carbonyl (C=O) groups excluding carboxylic acids is 3. The number of piperidine rings is 1. The summed E-state index contributed by atoms with van der Waals surface area (Å²) in [7, 11) is -2.45. The zero-order chi connectivity index (χ0) is 24.9. The number of rotatable bonds is 7. The van der Waals surface area contributed by atoms with Crippen LogP contribution < -0.4 is 4.72 Å². The first-order chi connectivity index (χ1) is 16.1. The van der Waals surface area contributed by atoms with Crippen molar-refractivity contribution in [2.45, 2.75) is 31.6 Å². The van der Waals surface area contributed by atoms with Crippen LogP contribution in [0.3, 0.4) is 0 Å². The number of nitrogens with zero attached hydrogens (tertiary/aromatic N) is 1. The lowest BCUT2D eigenvalue weighted by Gasteiger charge is -2.30. The van der Waals surface area contributed by atoms with Crippen LogP contribution in [-0.2, 0) is 29.1 Å². The van der Waals surface area contributed by atoms with Gasteiger partial charge in [-0.05, 0) is 68.1 Å². The molecule has 0 aliphatic carbocycles. The molecule has 0 unspecified atom stereocenters. The first kappa shape index (κ1) is 25.2. The number of aryl methyl sites for hydroxylation is 2. The second kappa shape index (κ2) is 10.7. The van der Waals surface area contributed by atoms with E-state index in [9.17, 15) is 22.8 Å². The topological polar surface area (TPSA) is 119 Å². The summed E-state index contributed by atoms with van der Waals surface area (Å²) in [5, 5.41) is 0. The van der Waals surface area contributed by atoms with E-state index < -0.39 is 22.6 Å². The van der Waals surface area contributed by atoms with Crippen molar-refractivity contribution in [1.82, 2.24) is 4.90 Å².